The second-order valence-corrected chi connectivity index (χ2v) is 7.78. The van der Waals surface area contributed by atoms with Crippen molar-refractivity contribution < 1.29 is 0 Å². The van der Waals surface area contributed by atoms with Gasteiger partial charge in [0.2, 0.25) is 3.79 Å². The summed E-state index contributed by atoms with van der Waals surface area (Å²) in [7, 11) is 0. The van der Waals surface area contributed by atoms with Crippen LogP contribution in [0.15, 0.2) is 10.1 Å². The fraction of sp³-hybridized carbons (Fsp3) is 0.600. The summed E-state index contributed by atoms with van der Waals surface area (Å²) < 4.78 is -3.59. The first-order valence-electron chi connectivity index (χ1n) is 2.72. The SMILES string of the molecule is ClC(Cl)=C(CC(Cl)(Cl)Cl)C(Cl)(Cl)Cl. The highest BCUT2D eigenvalue weighted by molar-refractivity contribution is 6.72. The number of hydrogen-bond acceptors (Lipinski definition) is 0. The Morgan fingerprint density at radius 2 is 1.23 bits per heavy atom. The van der Waals surface area contributed by atoms with Crippen LogP contribution in [0.4, 0.5) is 0 Å². The van der Waals surface area contributed by atoms with E-state index >= 15 is 0 Å². The third kappa shape index (κ3) is 7.03. The van der Waals surface area contributed by atoms with Gasteiger partial charge in [-0.15, -0.1) is 0 Å². The first-order chi connectivity index (χ1) is 5.54. The fourth-order valence-corrected chi connectivity index (χ4v) is 2.07. The molecule has 0 atom stereocenters. The van der Waals surface area contributed by atoms with Crippen LogP contribution in [0.3, 0.4) is 0 Å². The van der Waals surface area contributed by atoms with E-state index in [-0.39, 0.29) is 16.5 Å². The van der Waals surface area contributed by atoms with Crippen LogP contribution in [-0.4, -0.2) is 7.59 Å². The molecular weight excluding hydrogens is 344 g/mol. The molecule has 0 saturated carbocycles. The van der Waals surface area contributed by atoms with E-state index in [1.54, 1.807) is 0 Å². The van der Waals surface area contributed by atoms with E-state index in [2.05, 4.69) is 0 Å². The maximum absolute atomic E-state index is 5.53. The molecule has 0 rings (SSSR count). The summed E-state index contributed by atoms with van der Waals surface area (Å²) in [6.45, 7) is 0. The highest BCUT2D eigenvalue weighted by atomic mass is 35.6. The molecule has 0 aromatic carbocycles. The predicted octanol–water partition coefficient (Wildman–Crippen LogP) is 5.81. The summed E-state index contributed by atoms with van der Waals surface area (Å²) in [5.41, 5.74) is 0.0424. The molecule has 0 bridgehead atoms. The van der Waals surface area contributed by atoms with E-state index in [9.17, 15) is 0 Å². The smallest absolute Gasteiger partial charge is 0.0833 e. The maximum Gasteiger partial charge on any atom is 0.214 e. The zero-order chi connectivity index (χ0) is 10.9. The van der Waals surface area contributed by atoms with Crippen LogP contribution in [0.5, 0.6) is 0 Å². The van der Waals surface area contributed by atoms with Crippen molar-refractivity contribution in [1.29, 1.82) is 0 Å². The molecule has 0 spiro atoms. The number of alkyl halides is 6. The molecule has 0 aromatic rings. The van der Waals surface area contributed by atoms with Gasteiger partial charge in [-0.25, -0.2) is 0 Å². The van der Waals surface area contributed by atoms with Crippen LogP contribution in [0.25, 0.3) is 0 Å². The van der Waals surface area contributed by atoms with E-state index < -0.39 is 7.59 Å². The zero-order valence-electron chi connectivity index (χ0n) is 5.73. The number of allylic oxidation sites excluding steroid dienone is 1. The van der Waals surface area contributed by atoms with Crippen LogP contribution >= 0.6 is 92.8 Å². The maximum atomic E-state index is 5.53. The summed E-state index contributed by atoms with van der Waals surface area (Å²) in [5.74, 6) is 0. The Bertz CT molecular complexity index is 202. The number of hydrogen-bond donors (Lipinski definition) is 0. The van der Waals surface area contributed by atoms with Gasteiger partial charge in [-0.2, -0.15) is 0 Å². The van der Waals surface area contributed by atoms with E-state index in [1.807, 2.05) is 0 Å². The van der Waals surface area contributed by atoms with E-state index in [4.69, 9.17) is 92.8 Å². The Labute approximate surface area is 116 Å². The minimum absolute atomic E-state index is 0.0424. The highest BCUT2D eigenvalue weighted by Crippen LogP contribution is 2.46. The average molecular weight is 346 g/mol. The number of rotatable bonds is 1. The van der Waals surface area contributed by atoms with Crippen molar-refractivity contribution in [3.63, 3.8) is 0 Å². The molecule has 0 heterocycles. The molecule has 0 unspecified atom stereocenters. The zero-order valence-corrected chi connectivity index (χ0v) is 11.8. The van der Waals surface area contributed by atoms with E-state index in [0.717, 1.165) is 0 Å². The van der Waals surface area contributed by atoms with Gasteiger partial charge in [0.1, 0.15) is 4.49 Å². The van der Waals surface area contributed by atoms with Crippen LogP contribution in [-0.2, 0) is 0 Å². The third-order valence-corrected chi connectivity index (χ3v) is 2.49. The van der Waals surface area contributed by atoms with Gasteiger partial charge in [-0.05, 0) is 0 Å². The lowest BCUT2D eigenvalue weighted by molar-refractivity contribution is 0.958. The summed E-state index contributed by atoms with van der Waals surface area (Å²) in [5, 5.41) is 0. The minimum atomic E-state index is -1.78. The molecular formula is C5H2Cl8. The average Bonchev–Trinajstić information content (AvgIpc) is 1.77. The van der Waals surface area contributed by atoms with Gasteiger partial charge in [0.15, 0.2) is 3.79 Å². The second kappa shape index (κ2) is 5.41. The molecule has 0 radical (unpaired) electrons. The van der Waals surface area contributed by atoms with Gasteiger partial charge >= 0.3 is 0 Å². The molecule has 0 fully saturated rings. The van der Waals surface area contributed by atoms with Crippen molar-refractivity contribution in [1.82, 2.24) is 0 Å². The molecule has 78 valence electrons. The van der Waals surface area contributed by atoms with Gasteiger partial charge in [0, 0.05) is 12.0 Å². The summed E-state index contributed by atoms with van der Waals surface area (Å²) in [4.78, 5) is 0. The van der Waals surface area contributed by atoms with Crippen LogP contribution in [0.1, 0.15) is 6.42 Å². The first-order valence-corrected chi connectivity index (χ1v) is 5.74. The highest BCUT2D eigenvalue weighted by Gasteiger charge is 2.34. The standard InChI is InChI=1S/C5H2Cl8/c6-3(7)2(5(11,12)13)1-4(8,9)10/h1H2. The van der Waals surface area contributed by atoms with Gasteiger partial charge in [-0.3, -0.25) is 0 Å². The first kappa shape index (κ1) is 15.1. The molecule has 13 heavy (non-hydrogen) atoms. The summed E-state index contributed by atoms with van der Waals surface area (Å²) >= 11 is 43.9. The molecule has 0 aliphatic heterocycles. The van der Waals surface area contributed by atoms with Gasteiger partial charge in [0.05, 0.1) is 0 Å². The molecule has 0 N–H and O–H groups in total. The van der Waals surface area contributed by atoms with Crippen molar-refractivity contribution in [2.45, 2.75) is 14.0 Å². The topological polar surface area (TPSA) is 0 Å². The summed E-state index contributed by atoms with van der Waals surface area (Å²) in [6, 6.07) is 0. The molecule has 0 amide bonds. The van der Waals surface area contributed by atoms with Gasteiger partial charge < -0.3 is 0 Å². The molecule has 0 aliphatic rings. The van der Waals surface area contributed by atoms with Gasteiger partial charge in [0.25, 0.3) is 0 Å². The Kier molecular flexibility index (Phi) is 6.26. The van der Waals surface area contributed by atoms with E-state index in [0.29, 0.717) is 0 Å². The molecule has 0 saturated heterocycles. The molecule has 8 heteroatoms. The van der Waals surface area contributed by atoms with Crippen molar-refractivity contribution >= 4 is 92.8 Å². The fourth-order valence-electron chi connectivity index (χ4n) is 0.475. The Hall–Kier alpha value is 2.06. The normalized spacial score (nSPS) is 12.9. The lowest BCUT2D eigenvalue weighted by atomic mass is 10.2. The quantitative estimate of drug-likeness (QED) is 0.526. The predicted molar refractivity (Wildman–Crippen MR) is 63.9 cm³/mol. The van der Waals surface area contributed by atoms with E-state index in [1.165, 1.54) is 0 Å². The Morgan fingerprint density at radius 1 is 0.846 bits per heavy atom. The molecule has 0 aromatic heterocycles. The lowest BCUT2D eigenvalue weighted by Crippen LogP contribution is -2.15. The molecule has 0 aliphatic carbocycles. The Morgan fingerprint density at radius 3 is 1.31 bits per heavy atom. The molecule has 0 nitrogen and oxygen atoms in total. The van der Waals surface area contributed by atoms with Crippen molar-refractivity contribution in [3.8, 4) is 0 Å². The number of halogens is 8. The largest absolute Gasteiger partial charge is 0.214 e. The van der Waals surface area contributed by atoms with Crippen LogP contribution in [0, 0.1) is 0 Å². The van der Waals surface area contributed by atoms with Gasteiger partial charge in [-0.1, -0.05) is 92.8 Å². The minimum Gasteiger partial charge on any atom is -0.0833 e. The van der Waals surface area contributed by atoms with Crippen molar-refractivity contribution in [2.75, 3.05) is 0 Å². The Balaban J connectivity index is 4.80. The van der Waals surface area contributed by atoms with Crippen LogP contribution < -0.4 is 0 Å². The second-order valence-electron chi connectivity index (χ2n) is 2.03. The van der Waals surface area contributed by atoms with Crippen molar-refractivity contribution in [2.24, 2.45) is 0 Å². The lowest BCUT2D eigenvalue weighted by Gasteiger charge is -2.20. The third-order valence-electron chi connectivity index (χ3n) is 0.948. The van der Waals surface area contributed by atoms with Crippen LogP contribution in [0.2, 0.25) is 0 Å². The monoisotopic (exact) mass is 342 g/mol. The van der Waals surface area contributed by atoms with Crippen molar-refractivity contribution in [3.05, 3.63) is 10.1 Å². The summed E-state index contributed by atoms with van der Waals surface area (Å²) in [6.07, 6.45) is -0.156.